The SMILES string of the molecule is O=C(ON1C(=O)CC(S(=O)(=O)O)C1=O)c1ccccc1N1C(=O)C=CC1=O. The quantitative estimate of drug-likeness (QED) is 0.510. The van der Waals surface area contributed by atoms with Crippen LogP contribution >= 0.6 is 0 Å². The van der Waals surface area contributed by atoms with Crippen molar-refractivity contribution < 1.29 is 41.8 Å². The molecule has 0 aromatic heterocycles. The highest BCUT2D eigenvalue weighted by Crippen LogP contribution is 2.26. The zero-order chi connectivity index (χ0) is 19.9. The Morgan fingerprint density at radius 2 is 1.67 bits per heavy atom. The topological polar surface area (TPSA) is 155 Å². The Kier molecular flexibility index (Phi) is 4.37. The molecule has 0 spiro atoms. The van der Waals surface area contributed by atoms with Gasteiger partial charge in [0.25, 0.3) is 33.7 Å². The van der Waals surface area contributed by atoms with Crippen LogP contribution in [0, 0.1) is 0 Å². The van der Waals surface area contributed by atoms with E-state index >= 15 is 0 Å². The largest absolute Gasteiger partial charge is 0.366 e. The summed E-state index contributed by atoms with van der Waals surface area (Å²) < 4.78 is 31.2. The van der Waals surface area contributed by atoms with E-state index in [0.717, 1.165) is 12.2 Å². The van der Waals surface area contributed by atoms with Crippen molar-refractivity contribution in [3.63, 3.8) is 0 Å². The molecule has 140 valence electrons. The Labute approximate surface area is 151 Å². The van der Waals surface area contributed by atoms with Crippen molar-refractivity contribution in [3.8, 4) is 0 Å². The molecule has 3 rings (SSSR count). The van der Waals surface area contributed by atoms with E-state index in [-0.39, 0.29) is 16.3 Å². The van der Waals surface area contributed by atoms with Gasteiger partial charge in [-0.25, -0.2) is 9.69 Å². The minimum absolute atomic E-state index is 0.0660. The number of rotatable bonds is 4. The number of nitrogens with zero attached hydrogens (tertiary/aromatic N) is 2. The summed E-state index contributed by atoms with van der Waals surface area (Å²) in [5, 5.41) is -2.14. The van der Waals surface area contributed by atoms with Crippen molar-refractivity contribution in [3.05, 3.63) is 42.0 Å². The third-order valence-corrected chi connectivity index (χ3v) is 4.86. The lowest BCUT2D eigenvalue weighted by atomic mass is 10.1. The predicted molar refractivity (Wildman–Crippen MR) is 85.3 cm³/mol. The zero-order valence-electron chi connectivity index (χ0n) is 13.3. The summed E-state index contributed by atoms with van der Waals surface area (Å²) in [5.74, 6) is -5.28. The van der Waals surface area contributed by atoms with E-state index in [0.29, 0.717) is 4.90 Å². The summed E-state index contributed by atoms with van der Waals surface area (Å²) in [6.45, 7) is 0. The molecule has 0 aliphatic carbocycles. The van der Waals surface area contributed by atoms with Gasteiger partial charge in [0.1, 0.15) is 0 Å². The number of hydroxylamine groups is 2. The van der Waals surface area contributed by atoms with Crippen LogP contribution in [-0.4, -0.2) is 52.9 Å². The highest BCUT2D eigenvalue weighted by Gasteiger charge is 2.48. The van der Waals surface area contributed by atoms with Crippen molar-refractivity contribution in [1.29, 1.82) is 0 Å². The molecule has 11 nitrogen and oxygen atoms in total. The molecule has 2 aliphatic rings. The van der Waals surface area contributed by atoms with E-state index in [1.165, 1.54) is 24.3 Å². The summed E-state index contributed by atoms with van der Waals surface area (Å²) in [7, 11) is -4.86. The Hall–Kier alpha value is -3.38. The molecule has 12 heteroatoms. The highest BCUT2D eigenvalue weighted by atomic mass is 32.2. The van der Waals surface area contributed by atoms with Crippen molar-refractivity contribution >= 4 is 45.4 Å². The zero-order valence-corrected chi connectivity index (χ0v) is 14.1. The Balaban J connectivity index is 1.88. The van der Waals surface area contributed by atoms with Gasteiger partial charge in [-0.1, -0.05) is 12.1 Å². The minimum atomic E-state index is -4.86. The van der Waals surface area contributed by atoms with Gasteiger partial charge in [-0.2, -0.15) is 8.42 Å². The van der Waals surface area contributed by atoms with Gasteiger partial charge in [-0.05, 0) is 12.1 Å². The summed E-state index contributed by atoms with van der Waals surface area (Å²) >= 11 is 0. The smallest absolute Gasteiger partial charge is 0.325 e. The van der Waals surface area contributed by atoms with E-state index < -0.39 is 51.4 Å². The van der Waals surface area contributed by atoms with Gasteiger partial charge in [-0.15, -0.1) is 5.06 Å². The molecule has 1 atom stereocenters. The van der Waals surface area contributed by atoms with Crippen LogP contribution in [-0.2, 0) is 34.1 Å². The monoisotopic (exact) mass is 394 g/mol. The van der Waals surface area contributed by atoms with Crippen LogP contribution in [0.1, 0.15) is 16.8 Å². The highest BCUT2D eigenvalue weighted by molar-refractivity contribution is 7.87. The van der Waals surface area contributed by atoms with E-state index in [4.69, 9.17) is 4.55 Å². The molecule has 1 fully saturated rings. The average Bonchev–Trinajstić information content (AvgIpc) is 3.07. The maximum atomic E-state index is 12.4. The van der Waals surface area contributed by atoms with Crippen molar-refractivity contribution in [1.82, 2.24) is 5.06 Å². The van der Waals surface area contributed by atoms with E-state index in [2.05, 4.69) is 4.84 Å². The molecule has 1 aromatic rings. The molecule has 2 heterocycles. The molecule has 27 heavy (non-hydrogen) atoms. The standard InChI is InChI=1S/C15H10N2O9S/c18-11-5-6-12(19)16(11)9-4-2-1-3-8(9)15(22)26-17-13(20)7-10(14(17)21)27(23,24)25/h1-6,10H,7H2,(H,23,24,25). The summed E-state index contributed by atoms with van der Waals surface area (Å²) in [6, 6.07) is 5.27. The molecule has 1 unspecified atom stereocenters. The Morgan fingerprint density at radius 1 is 1.07 bits per heavy atom. The second kappa shape index (κ2) is 6.41. The van der Waals surface area contributed by atoms with Crippen LogP contribution in [0.5, 0.6) is 0 Å². The fraction of sp³-hybridized carbons (Fsp3) is 0.133. The normalized spacial score (nSPS) is 20.0. The van der Waals surface area contributed by atoms with Crippen LogP contribution in [0.15, 0.2) is 36.4 Å². The molecular weight excluding hydrogens is 384 g/mol. The Bertz CT molecular complexity index is 1010. The molecule has 0 bridgehead atoms. The number of hydrogen-bond acceptors (Lipinski definition) is 8. The Morgan fingerprint density at radius 3 is 2.22 bits per heavy atom. The maximum absolute atomic E-state index is 12.4. The number of carbonyl (C=O) groups excluding carboxylic acids is 5. The number of imide groups is 2. The van der Waals surface area contributed by atoms with Gasteiger partial charge < -0.3 is 4.84 Å². The second-order valence-corrected chi connectivity index (χ2v) is 7.07. The summed E-state index contributed by atoms with van der Waals surface area (Å²) in [6.07, 6.45) is 1.10. The molecule has 1 saturated heterocycles. The van der Waals surface area contributed by atoms with Gasteiger partial charge in [-0.3, -0.25) is 23.7 Å². The lowest BCUT2D eigenvalue weighted by Gasteiger charge is -2.18. The molecule has 1 N–H and O–H groups in total. The lowest BCUT2D eigenvalue weighted by molar-refractivity contribution is -0.172. The first-order valence-electron chi connectivity index (χ1n) is 7.32. The lowest BCUT2D eigenvalue weighted by Crippen LogP contribution is -2.37. The molecule has 1 aromatic carbocycles. The van der Waals surface area contributed by atoms with Crippen molar-refractivity contribution in [2.45, 2.75) is 11.7 Å². The fourth-order valence-corrected chi connectivity index (χ4v) is 3.23. The first-order chi connectivity index (χ1) is 12.6. The van der Waals surface area contributed by atoms with Crippen LogP contribution in [0.2, 0.25) is 0 Å². The van der Waals surface area contributed by atoms with Gasteiger partial charge in [0.2, 0.25) is 0 Å². The number of carbonyl (C=O) groups is 5. The van der Waals surface area contributed by atoms with Crippen LogP contribution in [0.25, 0.3) is 0 Å². The average molecular weight is 394 g/mol. The van der Waals surface area contributed by atoms with Crippen LogP contribution in [0.4, 0.5) is 5.69 Å². The maximum Gasteiger partial charge on any atom is 0.366 e. The first-order valence-corrected chi connectivity index (χ1v) is 8.82. The third kappa shape index (κ3) is 3.22. The van der Waals surface area contributed by atoms with E-state index in [9.17, 15) is 32.4 Å². The number of hydrogen-bond donors (Lipinski definition) is 1. The van der Waals surface area contributed by atoms with E-state index in [1.807, 2.05) is 0 Å². The van der Waals surface area contributed by atoms with Gasteiger partial charge in [0.15, 0.2) is 5.25 Å². The molecule has 4 amide bonds. The fourth-order valence-electron chi connectivity index (χ4n) is 2.52. The van der Waals surface area contributed by atoms with Crippen molar-refractivity contribution in [2.75, 3.05) is 4.90 Å². The van der Waals surface area contributed by atoms with Crippen LogP contribution < -0.4 is 4.90 Å². The number of para-hydroxylation sites is 1. The summed E-state index contributed by atoms with van der Waals surface area (Å²) in [4.78, 5) is 65.1. The molecule has 0 saturated carbocycles. The minimum Gasteiger partial charge on any atom is -0.325 e. The van der Waals surface area contributed by atoms with Gasteiger partial charge in [0.05, 0.1) is 17.7 Å². The van der Waals surface area contributed by atoms with Crippen molar-refractivity contribution in [2.24, 2.45) is 0 Å². The predicted octanol–water partition coefficient (Wildman–Crippen LogP) is -0.797. The van der Waals surface area contributed by atoms with Crippen LogP contribution in [0.3, 0.4) is 0 Å². The molecular formula is C15H10N2O9S. The summed E-state index contributed by atoms with van der Waals surface area (Å²) in [5.41, 5.74) is -0.466. The number of amides is 4. The molecule has 0 radical (unpaired) electrons. The number of anilines is 1. The van der Waals surface area contributed by atoms with E-state index in [1.54, 1.807) is 0 Å². The molecule has 2 aliphatic heterocycles. The van der Waals surface area contributed by atoms with Gasteiger partial charge >= 0.3 is 5.97 Å². The first kappa shape index (κ1) is 18.4. The number of benzene rings is 1. The van der Waals surface area contributed by atoms with Gasteiger partial charge in [0, 0.05) is 12.2 Å². The third-order valence-electron chi connectivity index (χ3n) is 3.77. The second-order valence-electron chi connectivity index (χ2n) is 5.48.